The van der Waals surface area contributed by atoms with Crippen molar-refractivity contribution in [3.8, 4) is 0 Å². The van der Waals surface area contributed by atoms with E-state index in [1.165, 1.54) is 5.56 Å². The second-order valence-electron chi connectivity index (χ2n) is 10.0. The fourth-order valence-electron chi connectivity index (χ4n) is 5.32. The first-order valence-corrected chi connectivity index (χ1v) is 13.0. The normalized spacial score (nSPS) is 14.8. The van der Waals surface area contributed by atoms with E-state index in [-0.39, 0.29) is 18.5 Å². The number of amides is 1. The van der Waals surface area contributed by atoms with E-state index >= 15 is 0 Å². The van der Waals surface area contributed by atoms with Crippen molar-refractivity contribution in [3.05, 3.63) is 93.6 Å². The van der Waals surface area contributed by atoms with E-state index in [0.717, 1.165) is 55.0 Å². The van der Waals surface area contributed by atoms with Crippen LogP contribution in [-0.2, 0) is 41.4 Å². The lowest BCUT2D eigenvalue weighted by molar-refractivity contribution is -0.138. The first-order chi connectivity index (χ1) is 18.6. The maximum Gasteiger partial charge on any atom is 0.419 e. The Morgan fingerprint density at radius 2 is 1.85 bits per heavy atom. The molecule has 4 rings (SSSR count). The van der Waals surface area contributed by atoms with Crippen molar-refractivity contribution in [2.24, 2.45) is 5.73 Å². The van der Waals surface area contributed by atoms with Gasteiger partial charge in [-0.2, -0.15) is 13.2 Å². The zero-order chi connectivity index (χ0) is 28.0. The summed E-state index contributed by atoms with van der Waals surface area (Å²) in [5.74, 6) is 0.237. The van der Waals surface area contributed by atoms with Crippen LogP contribution in [0.3, 0.4) is 0 Å². The lowest BCUT2D eigenvalue weighted by atomic mass is 9.82. The van der Waals surface area contributed by atoms with Crippen LogP contribution in [0.5, 0.6) is 0 Å². The number of aryl methyl sites for hydroxylation is 3. The smallest absolute Gasteiger partial charge is 0.369 e. The van der Waals surface area contributed by atoms with Crippen molar-refractivity contribution in [2.75, 3.05) is 13.1 Å². The van der Waals surface area contributed by atoms with Gasteiger partial charge in [-0.05, 0) is 79.4 Å². The molecule has 1 aliphatic rings. The molecule has 3 aromatic rings. The predicted molar refractivity (Wildman–Crippen MR) is 144 cm³/mol. The monoisotopic (exact) mass is 535 g/mol. The van der Waals surface area contributed by atoms with Gasteiger partial charge in [0.05, 0.1) is 23.9 Å². The van der Waals surface area contributed by atoms with E-state index < -0.39 is 17.6 Å². The third kappa shape index (κ3) is 7.53. The van der Waals surface area contributed by atoms with Crippen LogP contribution in [-0.4, -0.2) is 47.4 Å². The van der Waals surface area contributed by atoms with Crippen molar-refractivity contribution >= 4 is 19.5 Å². The number of halogens is 3. The standard InChI is InChI=1S/C29H31BF3N4O2/c1-19-14-20(6-8-24(19)22-10-12-37(13-11-22)30-18-38)15-28-35-17-25(29(31,32)33)26(36-28)9-7-21-4-2-3-5-23(21)16-27(34)39/h2-6,8,14,17-18,22H,7,9-13,15-16H2,1H3,(H2,34,39). The molecule has 6 nitrogen and oxygen atoms in total. The van der Waals surface area contributed by atoms with Gasteiger partial charge >= 0.3 is 6.18 Å². The number of rotatable bonds is 10. The number of alkyl halides is 3. The van der Waals surface area contributed by atoms with Crippen LogP contribution < -0.4 is 5.73 Å². The molecule has 39 heavy (non-hydrogen) atoms. The highest BCUT2D eigenvalue weighted by atomic mass is 19.4. The number of piperidine rings is 1. The molecule has 1 amide bonds. The van der Waals surface area contributed by atoms with Gasteiger partial charge in [0.25, 0.3) is 7.41 Å². The molecule has 2 N–H and O–H groups in total. The van der Waals surface area contributed by atoms with E-state index in [1.54, 1.807) is 31.7 Å². The van der Waals surface area contributed by atoms with Crippen molar-refractivity contribution in [2.45, 2.75) is 57.5 Å². The van der Waals surface area contributed by atoms with Gasteiger partial charge in [-0.1, -0.05) is 42.5 Å². The molecule has 0 atom stereocenters. The number of carbonyl (C=O) groups excluding carboxylic acids is 2. The van der Waals surface area contributed by atoms with E-state index in [1.807, 2.05) is 17.8 Å². The minimum atomic E-state index is -4.57. The van der Waals surface area contributed by atoms with Crippen molar-refractivity contribution in [1.29, 1.82) is 0 Å². The summed E-state index contributed by atoms with van der Waals surface area (Å²) in [6.45, 7) is 3.71. The third-order valence-corrected chi connectivity index (χ3v) is 7.27. The van der Waals surface area contributed by atoms with Gasteiger partial charge in [-0.3, -0.25) is 4.79 Å². The molecule has 1 aliphatic heterocycles. The van der Waals surface area contributed by atoms with Crippen LogP contribution >= 0.6 is 0 Å². The molecule has 0 aliphatic carbocycles. The highest BCUT2D eigenvalue weighted by Crippen LogP contribution is 2.33. The molecule has 2 aromatic carbocycles. The quantitative estimate of drug-likeness (QED) is 0.311. The van der Waals surface area contributed by atoms with Crippen LogP contribution in [0.4, 0.5) is 13.2 Å². The SMILES string of the molecule is Cc1cc(Cc2ncc(C(F)(F)F)c(CCc3ccccc3CC(N)=O)n2)ccc1C1CCN([B]C=O)CC1. The predicted octanol–water partition coefficient (Wildman–Crippen LogP) is 4.20. The van der Waals surface area contributed by atoms with Gasteiger partial charge in [-0.15, -0.1) is 0 Å². The topological polar surface area (TPSA) is 89.2 Å². The van der Waals surface area contributed by atoms with E-state index in [4.69, 9.17) is 5.73 Å². The first kappa shape index (κ1) is 28.5. The van der Waals surface area contributed by atoms with E-state index in [0.29, 0.717) is 30.1 Å². The van der Waals surface area contributed by atoms with Crippen LogP contribution in [0.1, 0.15) is 63.7 Å². The second kappa shape index (κ2) is 12.6. The molecule has 10 heteroatoms. The number of hydrogen-bond acceptors (Lipinski definition) is 5. The number of carbonyl (C=O) groups is 2. The molecule has 1 fully saturated rings. The molecule has 1 saturated heterocycles. The highest BCUT2D eigenvalue weighted by Gasteiger charge is 2.35. The molecule has 0 spiro atoms. The number of nitrogens with zero attached hydrogens (tertiary/aromatic N) is 3. The second-order valence-corrected chi connectivity index (χ2v) is 10.0. The summed E-state index contributed by atoms with van der Waals surface area (Å²) in [7, 11) is 1.59. The summed E-state index contributed by atoms with van der Waals surface area (Å²) in [4.78, 5) is 32.6. The molecular weight excluding hydrogens is 504 g/mol. The van der Waals surface area contributed by atoms with Gasteiger partial charge in [0.2, 0.25) is 5.91 Å². The molecule has 0 unspecified atom stereocenters. The van der Waals surface area contributed by atoms with Crippen LogP contribution in [0, 0.1) is 6.92 Å². The van der Waals surface area contributed by atoms with Crippen molar-refractivity contribution < 1.29 is 22.8 Å². The molecule has 0 bridgehead atoms. The minimum Gasteiger partial charge on any atom is -0.369 e. The molecule has 203 valence electrons. The largest absolute Gasteiger partial charge is 0.419 e. The Labute approximate surface area is 227 Å². The summed E-state index contributed by atoms with van der Waals surface area (Å²) in [5.41, 5.74) is 9.22. The Kier molecular flexibility index (Phi) is 9.17. The average Bonchev–Trinajstić information content (AvgIpc) is 2.88. The zero-order valence-corrected chi connectivity index (χ0v) is 21.9. The average molecular weight is 535 g/mol. The van der Waals surface area contributed by atoms with Gasteiger partial charge < -0.3 is 15.3 Å². The summed E-state index contributed by atoms with van der Waals surface area (Å²) >= 11 is 0. The summed E-state index contributed by atoms with van der Waals surface area (Å²) in [6, 6.07) is 13.3. The number of aromatic nitrogens is 2. The lowest BCUT2D eigenvalue weighted by Crippen LogP contribution is -2.36. The number of primary amides is 1. The summed E-state index contributed by atoms with van der Waals surface area (Å²) < 4.78 is 41.3. The Hall–Kier alpha value is -3.53. The Bertz CT molecular complexity index is 1320. The van der Waals surface area contributed by atoms with Gasteiger partial charge in [0.1, 0.15) is 5.82 Å². The Morgan fingerprint density at radius 3 is 2.49 bits per heavy atom. The third-order valence-electron chi connectivity index (χ3n) is 7.27. The molecule has 2 heterocycles. The number of nitrogens with two attached hydrogens (primary N) is 1. The molecule has 1 radical (unpaired) electrons. The fraction of sp³-hybridized carbons (Fsp3) is 0.379. The zero-order valence-electron chi connectivity index (χ0n) is 21.9. The minimum absolute atomic E-state index is 0.0307. The van der Waals surface area contributed by atoms with Gasteiger partial charge in [-0.25, -0.2) is 9.97 Å². The first-order valence-electron chi connectivity index (χ1n) is 13.0. The van der Waals surface area contributed by atoms with E-state index in [9.17, 15) is 22.8 Å². The van der Waals surface area contributed by atoms with Crippen LogP contribution in [0.2, 0.25) is 0 Å². The Balaban J connectivity index is 1.50. The maximum atomic E-state index is 13.8. The number of hydrogen-bond donors (Lipinski definition) is 1. The van der Waals surface area contributed by atoms with Crippen molar-refractivity contribution in [1.82, 2.24) is 14.8 Å². The van der Waals surface area contributed by atoms with Gasteiger partial charge in [0, 0.05) is 12.6 Å². The molecule has 0 saturated carbocycles. The maximum absolute atomic E-state index is 13.8. The lowest BCUT2D eigenvalue weighted by Gasteiger charge is -2.31. The van der Waals surface area contributed by atoms with Crippen molar-refractivity contribution in [3.63, 3.8) is 0 Å². The summed E-state index contributed by atoms with van der Waals surface area (Å²) in [6.07, 6.45) is -0.274. The Morgan fingerprint density at radius 1 is 1.13 bits per heavy atom. The molecular formula is C29H31BF3N4O2. The number of benzene rings is 2. The highest BCUT2D eigenvalue weighted by molar-refractivity contribution is 6.64. The molecule has 1 aromatic heterocycles. The van der Waals surface area contributed by atoms with Crippen LogP contribution in [0.15, 0.2) is 48.7 Å². The van der Waals surface area contributed by atoms with Crippen LogP contribution in [0.25, 0.3) is 0 Å². The summed E-state index contributed by atoms with van der Waals surface area (Å²) in [5, 5.41) is 0. The van der Waals surface area contributed by atoms with E-state index in [2.05, 4.69) is 22.1 Å². The van der Waals surface area contributed by atoms with Gasteiger partial charge in [0.15, 0.2) is 0 Å². The fourth-order valence-corrected chi connectivity index (χ4v) is 5.32.